The molecule has 0 radical (unpaired) electrons. The van der Waals surface area contributed by atoms with Gasteiger partial charge in [-0.05, 0) is 13.8 Å². The number of rotatable bonds is 6. The molecule has 0 spiro atoms. The van der Waals surface area contributed by atoms with Crippen molar-refractivity contribution in [1.82, 2.24) is 14.9 Å². The minimum absolute atomic E-state index is 0.214. The molecule has 0 saturated carbocycles. The predicted molar refractivity (Wildman–Crippen MR) is 65.7 cm³/mol. The molecule has 1 aromatic heterocycles. The zero-order chi connectivity index (χ0) is 12.8. The van der Waals surface area contributed by atoms with E-state index in [-0.39, 0.29) is 18.1 Å². The Hall–Kier alpha value is -1.36. The molecule has 1 rings (SSSR count). The van der Waals surface area contributed by atoms with Crippen LogP contribution in [0.3, 0.4) is 0 Å². The number of nitrogens with zero attached hydrogens (tertiary/aromatic N) is 2. The van der Waals surface area contributed by atoms with E-state index in [1.54, 1.807) is 6.20 Å². The molecule has 0 bridgehead atoms. The van der Waals surface area contributed by atoms with Crippen LogP contribution in [0.15, 0.2) is 12.4 Å². The third kappa shape index (κ3) is 4.19. The number of hydrogen-bond acceptors (Lipinski definition) is 4. The van der Waals surface area contributed by atoms with Crippen LogP contribution >= 0.6 is 0 Å². The quantitative estimate of drug-likeness (QED) is 0.756. The molecule has 0 amide bonds. The summed E-state index contributed by atoms with van der Waals surface area (Å²) in [6, 6.07) is -0.101. The van der Waals surface area contributed by atoms with Crippen LogP contribution in [-0.4, -0.2) is 34.2 Å². The summed E-state index contributed by atoms with van der Waals surface area (Å²) < 4.78 is 7.00. The highest BCUT2D eigenvalue weighted by Gasteiger charge is 2.21. The third-order valence-electron chi connectivity index (χ3n) is 2.41. The second-order valence-corrected chi connectivity index (χ2v) is 4.25. The molecule has 0 fully saturated rings. The van der Waals surface area contributed by atoms with Gasteiger partial charge in [-0.2, -0.15) is 0 Å². The fraction of sp³-hybridized carbons (Fsp3) is 0.667. The van der Waals surface area contributed by atoms with Crippen molar-refractivity contribution in [2.45, 2.75) is 46.3 Å². The molecule has 1 aromatic rings. The first-order valence-electron chi connectivity index (χ1n) is 5.95. The van der Waals surface area contributed by atoms with Gasteiger partial charge in [-0.1, -0.05) is 13.8 Å². The van der Waals surface area contributed by atoms with Gasteiger partial charge in [-0.25, -0.2) is 4.98 Å². The fourth-order valence-electron chi connectivity index (χ4n) is 1.63. The maximum atomic E-state index is 11.8. The van der Waals surface area contributed by atoms with Gasteiger partial charge in [-0.3, -0.25) is 4.79 Å². The average Bonchev–Trinajstić information content (AvgIpc) is 2.63. The molecule has 0 aliphatic rings. The monoisotopic (exact) mass is 239 g/mol. The Morgan fingerprint density at radius 1 is 1.59 bits per heavy atom. The van der Waals surface area contributed by atoms with Crippen LogP contribution in [0.5, 0.6) is 0 Å². The summed E-state index contributed by atoms with van der Waals surface area (Å²) in [7, 11) is 0. The van der Waals surface area contributed by atoms with Crippen LogP contribution in [0.25, 0.3) is 0 Å². The molecule has 5 nitrogen and oxygen atoms in total. The lowest BCUT2D eigenvalue weighted by molar-refractivity contribution is -0.146. The van der Waals surface area contributed by atoms with E-state index in [2.05, 4.69) is 10.3 Å². The van der Waals surface area contributed by atoms with Gasteiger partial charge in [0.15, 0.2) is 0 Å². The molecular weight excluding hydrogens is 218 g/mol. The van der Waals surface area contributed by atoms with Gasteiger partial charge in [0.05, 0.1) is 6.61 Å². The van der Waals surface area contributed by atoms with E-state index in [0.29, 0.717) is 13.2 Å². The van der Waals surface area contributed by atoms with Crippen molar-refractivity contribution in [2.75, 3.05) is 6.61 Å². The Morgan fingerprint density at radius 2 is 2.29 bits per heavy atom. The lowest BCUT2D eigenvalue weighted by atomic mass is 10.2. The van der Waals surface area contributed by atoms with Gasteiger partial charge in [0.1, 0.15) is 11.9 Å². The molecule has 0 aliphatic carbocycles. The number of aromatic nitrogens is 2. The summed E-state index contributed by atoms with van der Waals surface area (Å²) in [6.45, 7) is 8.69. The normalized spacial score (nSPS) is 12.8. The zero-order valence-corrected chi connectivity index (χ0v) is 10.9. The standard InChI is InChI=1S/C12H21N3O2/c1-5-17-12(16)11(14-9(2)3)8-15-7-6-13-10(15)4/h6-7,9,11,14H,5,8H2,1-4H3. The van der Waals surface area contributed by atoms with Crippen molar-refractivity contribution in [1.29, 1.82) is 0 Å². The van der Waals surface area contributed by atoms with Crippen molar-refractivity contribution in [3.05, 3.63) is 18.2 Å². The summed E-state index contributed by atoms with van der Waals surface area (Å²) in [5.74, 6) is 0.680. The Labute approximate surface area is 102 Å². The zero-order valence-electron chi connectivity index (χ0n) is 10.9. The van der Waals surface area contributed by atoms with E-state index in [9.17, 15) is 4.79 Å². The highest BCUT2D eigenvalue weighted by atomic mass is 16.5. The molecule has 0 aliphatic heterocycles. The van der Waals surface area contributed by atoms with E-state index < -0.39 is 0 Å². The van der Waals surface area contributed by atoms with Crippen molar-refractivity contribution in [3.63, 3.8) is 0 Å². The molecule has 1 heterocycles. The van der Waals surface area contributed by atoms with Gasteiger partial charge < -0.3 is 14.6 Å². The van der Waals surface area contributed by atoms with E-state index in [1.165, 1.54) is 0 Å². The Kier molecular flexibility index (Phi) is 5.15. The van der Waals surface area contributed by atoms with Crippen LogP contribution in [0, 0.1) is 6.92 Å². The van der Waals surface area contributed by atoms with Crippen molar-refractivity contribution in [3.8, 4) is 0 Å². The third-order valence-corrected chi connectivity index (χ3v) is 2.41. The number of ether oxygens (including phenoxy) is 1. The molecule has 1 atom stereocenters. The number of aryl methyl sites for hydroxylation is 1. The highest BCUT2D eigenvalue weighted by Crippen LogP contribution is 2.01. The molecule has 1 unspecified atom stereocenters. The predicted octanol–water partition coefficient (Wildman–Crippen LogP) is 1.12. The van der Waals surface area contributed by atoms with Gasteiger partial charge in [0.25, 0.3) is 0 Å². The Balaban J connectivity index is 2.70. The first kappa shape index (κ1) is 13.7. The van der Waals surface area contributed by atoms with E-state index in [1.807, 2.05) is 38.5 Å². The van der Waals surface area contributed by atoms with Gasteiger partial charge in [0, 0.05) is 25.0 Å². The maximum absolute atomic E-state index is 11.8. The molecule has 1 N–H and O–H groups in total. The van der Waals surface area contributed by atoms with E-state index in [4.69, 9.17) is 4.74 Å². The second kappa shape index (κ2) is 6.39. The van der Waals surface area contributed by atoms with Gasteiger partial charge in [-0.15, -0.1) is 0 Å². The van der Waals surface area contributed by atoms with Crippen LogP contribution < -0.4 is 5.32 Å². The van der Waals surface area contributed by atoms with Gasteiger partial charge >= 0.3 is 5.97 Å². The fourth-order valence-corrected chi connectivity index (χ4v) is 1.63. The van der Waals surface area contributed by atoms with Crippen molar-refractivity contribution in [2.24, 2.45) is 0 Å². The maximum Gasteiger partial charge on any atom is 0.324 e. The molecule has 0 saturated heterocycles. The first-order chi connectivity index (χ1) is 8.04. The van der Waals surface area contributed by atoms with E-state index in [0.717, 1.165) is 5.82 Å². The minimum Gasteiger partial charge on any atom is -0.465 e. The molecule has 5 heteroatoms. The molecule has 96 valence electrons. The summed E-state index contributed by atoms with van der Waals surface area (Å²) in [6.07, 6.45) is 3.59. The summed E-state index contributed by atoms with van der Waals surface area (Å²) >= 11 is 0. The summed E-state index contributed by atoms with van der Waals surface area (Å²) in [5.41, 5.74) is 0. The first-order valence-corrected chi connectivity index (χ1v) is 5.95. The van der Waals surface area contributed by atoms with Crippen LogP contribution in [0.4, 0.5) is 0 Å². The Morgan fingerprint density at radius 3 is 2.76 bits per heavy atom. The van der Waals surface area contributed by atoms with Crippen molar-refractivity contribution < 1.29 is 9.53 Å². The number of nitrogens with one attached hydrogen (secondary N) is 1. The Bertz CT molecular complexity index is 360. The topological polar surface area (TPSA) is 56.2 Å². The second-order valence-electron chi connectivity index (χ2n) is 4.25. The molecule has 17 heavy (non-hydrogen) atoms. The number of hydrogen-bond donors (Lipinski definition) is 1. The average molecular weight is 239 g/mol. The molecule has 0 aromatic carbocycles. The smallest absolute Gasteiger partial charge is 0.324 e. The SMILES string of the molecule is CCOC(=O)C(Cn1ccnc1C)NC(C)C. The van der Waals surface area contributed by atoms with Crippen molar-refractivity contribution >= 4 is 5.97 Å². The van der Waals surface area contributed by atoms with Crippen LogP contribution in [-0.2, 0) is 16.1 Å². The number of imidazole rings is 1. The van der Waals surface area contributed by atoms with Gasteiger partial charge in [0.2, 0.25) is 0 Å². The summed E-state index contributed by atoms with van der Waals surface area (Å²) in [5, 5.41) is 3.21. The lowest BCUT2D eigenvalue weighted by Crippen LogP contribution is -2.44. The van der Waals surface area contributed by atoms with Crippen LogP contribution in [0.2, 0.25) is 0 Å². The minimum atomic E-state index is -0.331. The number of carbonyl (C=O) groups is 1. The lowest BCUT2D eigenvalue weighted by Gasteiger charge is -2.20. The van der Waals surface area contributed by atoms with E-state index >= 15 is 0 Å². The largest absolute Gasteiger partial charge is 0.465 e. The number of esters is 1. The highest BCUT2D eigenvalue weighted by molar-refractivity contribution is 5.75. The molecular formula is C12H21N3O2. The number of carbonyl (C=O) groups excluding carboxylic acids is 1. The summed E-state index contributed by atoms with van der Waals surface area (Å²) in [4.78, 5) is 15.9. The van der Waals surface area contributed by atoms with Crippen LogP contribution in [0.1, 0.15) is 26.6 Å².